The second-order valence-corrected chi connectivity index (χ2v) is 8.83. The minimum atomic E-state index is -4.89. The summed E-state index contributed by atoms with van der Waals surface area (Å²) >= 11 is 0. The standard InChI is InChI=1S/C17H21F3N2O4S/c18-17(19,20)26-14-2-1-3-15(10-14)27(24,25)22-8-6-13(7-9-22)16(23)21-11-12-4-5-12/h1-3,10,12-13H,4-9,11H2,(H,21,23). The van der Waals surface area contributed by atoms with Crippen LogP contribution in [0.3, 0.4) is 0 Å². The van der Waals surface area contributed by atoms with E-state index in [0.717, 1.165) is 25.0 Å². The summed E-state index contributed by atoms with van der Waals surface area (Å²) in [5.74, 6) is -0.312. The lowest BCUT2D eigenvalue weighted by molar-refractivity contribution is -0.274. The van der Waals surface area contributed by atoms with Crippen molar-refractivity contribution in [1.82, 2.24) is 9.62 Å². The molecular weight excluding hydrogens is 385 g/mol. The van der Waals surface area contributed by atoms with E-state index in [0.29, 0.717) is 25.3 Å². The van der Waals surface area contributed by atoms with Crippen molar-refractivity contribution in [2.45, 2.75) is 36.9 Å². The van der Waals surface area contributed by atoms with Crippen molar-refractivity contribution in [3.63, 3.8) is 0 Å². The number of carbonyl (C=O) groups excluding carboxylic acids is 1. The van der Waals surface area contributed by atoms with Gasteiger partial charge in [0.25, 0.3) is 0 Å². The van der Waals surface area contributed by atoms with E-state index in [-0.39, 0.29) is 29.8 Å². The van der Waals surface area contributed by atoms with Gasteiger partial charge in [-0.2, -0.15) is 4.31 Å². The van der Waals surface area contributed by atoms with Crippen LogP contribution in [0.5, 0.6) is 5.75 Å². The van der Waals surface area contributed by atoms with Crippen LogP contribution < -0.4 is 10.1 Å². The number of benzene rings is 1. The van der Waals surface area contributed by atoms with E-state index >= 15 is 0 Å². The number of alkyl halides is 3. The molecule has 0 unspecified atom stereocenters. The zero-order valence-corrected chi connectivity index (χ0v) is 15.4. The minimum Gasteiger partial charge on any atom is -0.406 e. The predicted octanol–water partition coefficient (Wildman–Crippen LogP) is 2.51. The number of hydrogen-bond donors (Lipinski definition) is 1. The van der Waals surface area contributed by atoms with E-state index in [9.17, 15) is 26.4 Å². The fourth-order valence-corrected chi connectivity index (χ4v) is 4.56. The van der Waals surface area contributed by atoms with Gasteiger partial charge in [-0.15, -0.1) is 13.2 Å². The molecule has 0 bridgehead atoms. The number of halogens is 3. The van der Waals surface area contributed by atoms with E-state index in [2.05, 4.69) is 10.1 Å². The number of sulfonamides is 1. The van der Waals surface area contributed by atoms with Gasteiger partial charge in [-0.3, -0.25) is 4.79 Å². The summed E-state index contributed by atoms with van der Waals surface area (Å²) in [6, 6.07) is 4.33. The van der Waals surface area contributed by atoms with Crippen LogP contribution in [-0.4, -0.2) is 44.6 Å². The highest BCUT2D eigenvalue weighted by Gasteiger charge is 2.34. The molecule has 0 spiro atoms. The summed E-state index contributed by atoms with van der Waals surface area (Å²) in [6.07, 6.45) is -1.86. The molecule has 1 aliphatic heterocycles. The normalized spacial score (nSPS) is 19.7. The van der Waals surface area contributed by atoms with Crippen LogP contribution in [0.15, 0.2) is 29.2 Å². The molecule has 1 aromatic rings. The third kappa shape index (κ3) is 5.35. The Hall–Kier alpha value is -1.81. The highest BCUT2D eigenvalue weighted by Crippen LogP contribution is 2.30. The Bertz CT molecular complexity index is 786. The lowest BCUT2D eigenvalue weighted by atomic mass is 9.97. The second kappa shape index (κ2) is 7.67. The molecule has 1 N–H and O–H groups in total. The number of hydrogen-bond acceptors (Lipinski definition) is 4. The van der Waals surface area contributed by atoms with E-state index < -0.39 is 22.1 Å². The third-order valence-electron chi connectivity index (χ3n) is 4.76. The number of rotatable bonds is 6. The van der Waals surface area contributed by atoms with E-state index in [4.69, 9.17) is 0 Å². The Morgan fingerprint density at radius 1 is 1.19 bits per heavy atom. The van der Waals surface area contributed by atoms with Gasteiger partial charge in [-0.1, -0.05) is 6.07 Å². The molecule has 0 atom stereocenters. The van der Waals surface area contributed by atoms with Crippen molar-refractivity contribution in [3.05, 3.63) is 24.3 Å². The van der Waals surface area contributed by atoms with Crippen LogP contribution >= 0.6 is 0 Å². The minimum absolute atomic E-state index is 0.0560. The Morgan fingerprint density at radius 3 is 2.44 bits per heavy atom. The molecule has 6 nitrogen and oxygen atoms in total. The van der Waals surface area contributed by atoms with Crippen LogP contribution in [0.1, 0.15) is 25.7 Å². The van der Waals surface area contributed by atoms with Crippen molar-refractivity contribution in [1.29, 1.82) is 0 Å². The molecule has 2 aliphatic rings. The molecule has 1 heterocycles. The van der Waals surface area contributed by atoms with Crippen LogP contribution in [0, 0.1) is 11.8 Å². The maximum Gasteiger partial charge on any atom is 0.573 e. The average molecular weight is 406 g/mol. The second-order valence-electron chi connectivity index (χ2n) is 6.89. The Labute approximate surface area is 155 Å². The van der Waals surface area contributed by atoms with Gasteiger partial charge >= 0.3 is 6.36 Å². The van der Waals surface area contributed by atoms with Crippen molar-refractivity contribution < 1.29 is 31.1 Å². The first-order chi connectivity index (χ1) is 12.6. The number of ether oxygens (including phenoxy) is 1. The highest BCUT2D eigenvalue weighted by molar-refractivity contribution is 7.89. The maximum atomic E-state index is 12.7. The summed E-state index contributed by atoms with van der Waals surface area (Å²) in [7, 11) is -3.95. The van der Waals surface area contributed by atoms with Gasteiger partial charge in [-0.05, 0) is 43.7 Å². The average Bonchev–Trinajstić information content (AvgIpc) is 3.43. The smallest absolute Gasteiger partial charge is 0.406 e. The fraction of sp³-hybridized carbons (Fsp3) is 0.588. The molecular formula is C17H21F3N2O4S. The lowest BCUT2D eigenvalue weighted by Crippen LogP contribution is -2.43. The molecule has 27 heavy (non-hydrogen) atoms. The Kier molecular flexibility index (Phi) is 5.66. The van der Waals surface area contributed by atoms with Gasteiger partial charge in [-0.25, -0.2) is 8.42 Å². The highest BCUT2D eigenvalue weighted by atomic mass is 32.2. The summed E-state index contributed by atoms with van der Waals surface area (Å²) in [5.41, 5.74) is 0. The fourth-order valence-electron chi connectivity index (χ4n) is 3.05. The number of amides is 1. The van der Waals surface area contributed by atoms with E-state index in [1.807, 2.05) is 0 Å². The van der Waals surface area contributed by atoms with Gasteiger partial charge in [0.15, 0.2) is 0 Å². The van der Waals surface area contributed by atoms with Crippen LogP contribution in [0.25, 0.3) is 0 Å². The van der Waals surface area contributed by atoms with Crippen LogP contribution in [0.2, 0.25) is 0 Å². The molecule has 150 valence electrons. The van der Waals surface area contributed by atoms with Gasteiger partial charge in [0.2, 0.25) is 15.9 Å². The van der Waals surface area contributed by atoms with Gasteiger partial charge in [0, 0.05) is 31.6 Å². The Balaban J connectivity index is 1.61. The topological polar surface area (TPSA) is 75.7 Å². The summed E-state index contributed by atoms with van der Waals surface area (Å²) < 4.78 is 67.4. The molecule has 1 aliphatic carbocycles. The van der Waals surface area contributed by atoms with E-state index in [1.165, 1.54) is 16.4 Å². The monoisotopic (exact) mass is 406 g/mol. The first-order valence-electron chi connectivity index (χ1n) is 8.79. The summed E-state index contributed by atoms with van der Waals surface area (Å²) in [5, 5.41) is 2.90. The van der Waals surface area contributed by atoms with Crippen molar-refractivity contribution >= 4 is 15.9 Å². The molecule has 1 saturated heterocycles. The SMILES string of the molecule is O=C(NCC1CC1)C1CCN(S(=O)(=O)c2cccc(OC(F)(F)F)c2)CC1. The van der Waals surface area contributed by atoms with Crippen molar-refractivity contribution in [2.24, 2.45) is 11.8 Å². The molecule has 1 aromatic carbocycles. The molecule has 3 rings (SSSR count). The lowest BCUT2D eigenvalue weighted by Gasteiger charge is -2.30. The van der Waals surface area contributed by atoms with Crippen LogP contribution in [-0.2, 0) is 14.8 Å². The molecule has 2 fully saturated rings. The molecule has 10 heteroatoms. The summed E-state index contributed by atoms with van der Waals surface area (Å²) in [6.45, 7) is 0.964. The first kappa shape index (κ1) is 19.9. The quantitative estimate of drug-likeness (QED) is 0.788. The zero-order chi connectivity index (χ0) is 19.7. The van der Waals surface area contributed by atoms with Gasteiger partial charge in [0.1, 0.15) is 5.75 Å². The van der Waals surface area contributed by atoms with Gasteiger partial charge in [0.05, 0.1) is 4.90 Å². The molecule has 1 amide bonds. The molecule has 0 aromatic heterocycles. The third-order valence-corrected chi connectivity index (χ3v) is 6.66. The summed E-state index contributed by atoms with van der Waals surface area (Å²) in [4.78, 5) is 11.9. The maximum absolute atomic E-state index is 12.7. The number of piperidine rings is 1. The Morgan fingerprint density at radius 2 is 1.85 bits per heavy atom. The zero-order valence-electron chi connectivity index (χ0n) is 14.5. The van der Waals surface area contributed by atoms with Crippen LogP contribution in [0.4, 0.5) is 13.2 Å². The largest absolute Gasteiger partial charge is 0.573 e. The first-order valence-corrected chi connectivity index (χ1v) is 10.2. The van der Waals surface area contributed by atoms with Gasteiger partial charge < -0.3 is 10.1 Å². The number of nitrogens with zero attached hydrogens (tertiary/aromatic N) is 1. The number of nitrogens with one attached hydrogen (secondary N) is 1. The van der Waals surface area contributed by atoms with E-state index in [1.54, 1.807) is 0 Å². The van der Waals surface area contributed by atoms with Crippen molar-refractivity contribution in [3.8, 4) is 5.75 Å². The molecule has 0 radical (unpaired) electrons. The predicted molar refractivity (Wildman–Crippen MR) is 90.3 cm³/mol. The number of carbonyl (C=O) groups is 1. The molecule has 1 saturated carbocycles. The van der Waals surface area contributed by atoms with Crippen molar-refractivity contribution in [2.75, 3.05) is 19.6 Å².